The predicted molar refractivity (Wildman–Crippen MR) is 147 cm³/mol. The molecule has 1 nitrogen and oxygen atoms in total. The molecule has 0 N–H and O–H groups in total. The number of nitrogens with zero attached hydrogens (tertiary/aromatic N) is 1. The second kappa shape index (κ2) is 7.60. The number of anilines is 2. The quantitative estimate of drug-likeness (QED) is 0.251. The van der Waals surface area contributed by atoms with E-state index in [2.05, 4.69) is 132 Å². The minimum absolute atomic E-state index is 0.948. The van der Waals surface area contributed by atoms with Crippen molar-refractivity contribution in [3.05, 3.63) is 133 Å². The first-order valence-electron chi connectivity index (χ1n) is 11.9. The zero-order chi connectivity index (χ0) is 22.5. The molecular weight excluding hydrogens is 410 g/mol. The molecule has 34 heavy (non-hydrogen) atoms. The summed E-state index contributed by atoms with van der Waals surface area (Å²) in [5.41, 5.74) is 3.53. The minimum Gasteiger partial charge on any atom is -0.310 e. The van der Waals surface area contributed by atoms with E-state index in [1.165, 1.54) is 60.2 Å². The average Bonchev–Trinajstić information content (AvgIpc) is 3.17. The lowest BCUT2D eigenvalue weighted by atomic mass is 9.93. The van der Waals surface area contributed by atoms with Gasteiger partial charge in [0.1, 0.15) is 0 Å². The molecule has 1 aliphatic carbocycles. The molecule has 0 bridgehead atoms. The summed E-state index contributed by atoms with van der Waals surface area (Å²) in [6.45, 7) is 0. The second-order valence-electron chi connectivity index (χ2n) is 8.97. The Morgan fingerprint density at radius 2 is 1.26 bits per heavy atom. The van der Waals surface area contributed by atoms with Gasteiger partial charge in [-0.05, 0) is 74.5 Å². The summed E-state index contributed by atoms with van der Waals surface area (Å²) in [5, 5.41) is 10.3. The molecular formula is C33H23N. The maximum absolute atomic E-state index is 2.41. The zero-order valence-corrected chi connectivity index (χ0v) is 18.8. The Bertz CT molecular complexity index is 1770. The van der Waals surface area contributed by atoms with Gasteiger partial charge < -0.3 is 4.90 Å². The Hall–Kier alpha value is -4.36. The zero-order valence-electron chi connectivity index (χ0n) is 18.8. The maximum atomic E-state index is 2.41. The van der Waals surface area contributed by atoms with Crippen LogP contribution in [0.25, 0.3) is 43.1 Å². The van der Waals surface area contributed by atoms with Crippen molar-refractivity contribution in [1.82, 2.24) is 0 Å². The van der Waals surface area contributed by atoms with E-state index in [4.69, 9.17) is 0 Å². The van der Waals surface area contributed by atoms with Crippen molar-refractivity contribution in [2.24, 2.45) is 0 Å². The van der Waals surface area contributed by atoms with E-state index < -0.39 is 0 Å². The third-order valence-corrected chi connectivity index (χ3v) is 6.96. The SMILES string of the molecule is C1=CCC=CC(N(c2ccc3ccccc3c2)c2ccc3ccc4cccc5ccc2c3c45)=C1. The van der Waals surface area contributed by atoms with Crippen molar-refractivity contribution in [2.45, 2.75) is 6.42 Å². The van der Waals surface area contributed by atoms with Gasteiger partial charge in [-0.1, -0.05) is 97.1 Å². The van der Waals surface area contributed by atoms with E-state index in [1.807, 2.05) is 0 Å². The molecule has 1 aliphatic rings. The summed E-state index contributed by atoms with van der Waals surface area (Å²) in [6.07, 6.45) is 12.0. The van der Waals surface area contributed by atoms with Crippen LogP contribution in [0.4, 0.5) is 11.4 Å². The molecule has 0 unspecified atom stereocenters. The lowest BCUT2D eigenvalue weighted by Crippen LogP contribution is -2.15. The summed E-state index contributed by atoms with van der Waals surface area (Å²) in [6, 6.07) is 35.5. The molecule has 0 saturated carbocycles. The molecule has 0 spiro atoms. The highest BCUT2D eigenvalue weighted by Gasteiger charge is 2.19. The van der Waals surface area contributed by atoms with Crippen molar-refractivity contribution >= 4 is 54.5 Å². The van der Waals surface area contributed by atoms with Crippen LogP contribution in [-0.4, -0.2) is 0 Å². The van der Waals surface area contributed by atoms with Gasteiger partial charge in [0.15, 0.2) is 0 Å². The third kappa shape index (κ3) is 2.94. The molecule has 0 aromatic heterocycles. The summed E-state index contributed by atoms with van der Waals surface area (Å²) >= 11 is 0. The second-order valence-corrected chi connectivity index (χ2v) is 8.97. The highest BCUT2D eigenvalue weighted by atomic mass is 15.1. The monoisotopic (exact) mass is 433 g/mol. The Morgan fingerprint density at radius 1 is 0.559 bits per heavy atom. The lowest BCUT2D eigenvalue weighted by Gasteiger charge is -2.28. The number of benzene rings is 6. The number of allylic oxidation sites excluding steroid dienone is 5. The first-order valence-corrected chi connectivity index (χ1v) is 11.9. The maximum Gasteiger partial charge on any atom is 0.0540 e. The van der Waals surface area contributed by atoms with Crippen molar-refractivity contribution < 1.29 is 0 Å². The molecule has 0 atom stereocenters. The molecule has 7 rings (SSSR count). The number of rotatable bonds is 3. The topological polar surface area (TPSA) is 3.24 Å². The fourth-order valence-corrected chi connectivity index (χ4v) is 5.38. The first-order chi connectivity index (χ1) is 16.9. The lowest BCUT2D eigenvalue weighted by molar-refractivity contribution is 1.22. The van der Waals surface area contributed by atoms with Crippen LogP contribution < -0.4 is 4.90 Å². The Morgan fingerprint density at radius 3 is 2.15 bits per heavy atom. The highest BCUT2D eigenvalue weighted by Crippen LogP contribution is 2.42. The van der Waals surface area contributed by atoms with Gasteiger partial charge in [0.05, 0.1) is 5.69 Å². The van der Waals surface area contributed by atoms with Crippen molar-refractivity contribution in [3.8, 4) is 0 Å². The van der Waals surface area contributed by atoms with Gasteiger partial charge in [0.25, 0.3) is 0 Å². The van der Waals surface area contributed by atoms with Gasteiger partial charge in [-0.25, -0.2) is 0 Å². The fraction of sp³-hybridized carbons (Fsp3) is 0.0303. The van der Waals surface area contributed by atoms with Crippen LogP contribution in [0.2, 0.25) is 0 Å². The molecule has 1 heteroatoms. The molecule has 0 aliphatic heterocycles. The van der Waals surface area contributed by atoms with Gasteiger partial charge in [0.2, 0.25) is 0 Å². The fourth-order valence-electron chi connectivity index (χ4n) is 5.38. The van der Waals surface area contributed by atoms with Crippen LogP contribution in [0.15, 0.2) is 133 Å². The molecule has 0 amide bonds. The van der Waals surface area contributed by atoms with Gasteiger partial charge in [-0.3, -0.25) is 0 Å². The van der Waals surface area contributed by atoms with Gasteiger partial charge in [-0.15, -0.1) is 0 Å². The average molecular weight is 434 g/mol. The van der Waals surface area contributed by atoms with Crippen molar-refractivity contribution in [2.75, 3.05) is 4.90 Å². The summed E-state index contributed by atoms with van der Waals surface area (Å²) in [4.78, 5) is 2.41. The van der Waals surface area contributed by atoms with Gasteiger partial charge in [0, 0.05) is 16.8 Å². The summed E-state index contributed by atoms with van der Waals surface area (Å²) < 4.78 is 0. The van der Waals surface area contributed by atoms with Gasteiger partial charge in [-0.2, -0.15) is 0 Å². The van der Waals surface area contributed by atoms with E-state index in [0.717, 1.165) is 6.42 Å². The van der Waals surface area contributed by atoms with Crippen LogP contribution >= 0.6 is 0 Å². The summed E-state index contributed by atoms with van der Waals surface area (Å²) in [5.74, 6) is 0. The van der Waals surface area contributed by atoms with E-state index in [9.17, 15) is 0 Å². The largest absolute Gasteiger partial charge is 0.310 e. The third-order valence-electron chi connectivity index (χ3n) is 6.96. The normalized spacial score (nSPS) is 13.7. The van der Waals surface area contributed by atoms with Crippen molar-refractivity contribution in [1.29, 1.82) is 0 Å². The first kappa shape index (κ1) is 19.1. The standard InChI is InChI=1S/C33H23N/c1-2-4-13-28(12-3-1)34(29-19-16-23-8-5-6-9-27(23)22-29)31-21-18-26-15-14-24-10-7-11-25-17-20-30(31)33(26)32(24)25/h1,3-22H,2H2. The van der Waals surface area contributed by atoms with Gasteiger partial charge >= 0.3 is 0 Å². The Balaban J connectivity index is 1.55. The molecule has 160 valence electrons. The van der Waals surface area contributed by atoms with E-state index in [1.54, 1.807) is 0 Å². The predicted octanol–water partition coefficient (Wildman–Crippen LogP) is 9.28. The Labute approximate surface area is 198 Å². The molecule has 0 heterocycles. The van der Waals surface area contributed by atoms with Crippen LogP contribution in [0.5, 0.6) is 0 Å². The van der Waals surface area contributed by atoms with E-state index in [-0.39, 0.29) is 0 Å². The molecule has 6 aromatic carbocycles. The van der Waals surface area contributed by atoms with Crippen LogP contribution in [0.1, 0.15) is 6.42 Å². The van der Waals surface area contributed by atoms with E-state index >= 15 is 0 Å². The minimum atomic E-state index is 0.948. The molecule has 0 fully saturated rings. The number of fused-ring (bicyclic) bond motifs is 1. The van der Waals surface area contributed by atoms with Crippen LogP contribution in [-0.2, 0) is 0 Å². The highest BCUT2D eigenvalue weighted by molar-refractivity contribution is 6.25. The Kier molecular flexibility index (Phi) is 4.28. The molecule has 0 saturated heterocycles. The number of hydrogen-bond acceptors (Lipinski definition) is 1. The smallest absolute Gasteiger partial charge is 0.0540 e. The van der Waals surface area contributed by atoms with Crippen molar-refractivity contribution in [3.63, 3.8) is 0 Å². The molecule has 0 radical (unpaired) electrons. The van der Waals surface area contributed by atoms with Crippen LogP contribution in [0.3, 0.4) is 0 Å². The van der Waals surface area contributed by atoms with Crippen LogP contribution in [0, 0.1) is 0 Å². The number of hydrogen-bond donors (Lipinski definition) is 0. The molecule has 6 aromatic rings. The summed E-state index contributed by atoms with van der Waals surface area (Å²) in [7, 11) is 0. The van der Waals surface area contributed by atoms with E-state index in [0.29, 0.717) is 0 Å².